The normalized spacial score (nSPS) is 10.2. The molecule has 0 atom stereocenters. The van der Waals surface area contributed by atoms with Gasteiger partial charge < -0.3 is 19.8 Å². The van der Waals surface area contributed by atoms with Gasteiger partial charge in [-0.3, -0.25) is 0 Å². The van der Waals surface area contributed by atoms with Gasteiger partial charge in [-0.2, -0.15) is 0 Å². The van der Waals surface area contributed by atoms with Crippen LogP contribution in [-0.2, 0) is 11.3 Å². The van der Waals surface area contributed by atoms with Gasteiger partial charge in [-0.15, -0.1) is 0 Å². The summed E-state index contributed by atoms with van der Waals surface area (Å²) in [6.45, 7) is 0.619. The maximum absolute atomic E-state index is 11.6. The maximum Gasteiger partial charge on any atom is 0.340 e. The van der Waals surface area contributed by atoms with Crippen LogP contribution >= 0.6 is 0 Å². The lowest BCUT2D eigenvalue weighted by Gasteiger charge is -2.18. The fourth-order valence-corrected chi connectivity index (χ4v) is 1.69. The number of rotatable bonds is 4. The minimum Gasteiger partial charge on any atom is -0.472 e. The van der Waals surface area contributed by atoms with Gasteiger partial charge in [-0.25, -0.2) is 9.78 Å². The fraction of sp³-hybridized carbons (Fsp3) is 0.231. The Hall–Kier alpha value is -2.50. The number of hydrogen-bond donors (Lipinski definition) is 1. The average molecular weight is 261 g/mol. The summed E-state index contributed by atoms with van der Waals surface area (Å²) in [4.78, 5) is 17.6. The van der Waals surface area contributed by atoms with Gasteiger partial charge in [0.05, 0.1) is 37.1 Å². The van der Waals surface area contributed by atoms with Gasteiger partial charge in [-0.05, 0) is 12.1 Å². The number of nitrogens with two attached hydrogens (primary N) is 1. The first kappa shape index (κ1) is 12.9. The lowest BCUT2D eigenvalue weighted by molar-refractivity contribution is 0.0602. The number of ether oxygens (including phenoxy) is 1. The van der Waals surface area contributed by atoms with E-state index < -0.39 is 5.97 Å². The molecule has 0 radical (unpaired) electrons. The van der Waals surface area contributed by atoms with Gasteiger partial charge in [0.25, 0.3) is 0 Å². The molecule has 2 N–H and O–H groups in total. The Bertz CT molecular complexity index is 567. The summed E-state index contributed by atoms with van der Waals surface area (Å²) >= 11 is 0. The molecule has 0 saturated carbocycles. The lowest BCUT2D eigenvalue weighted by Crippen LogP contribution is -2.18. The minimum absolute atomic E-state index is 0.298. The molecular weight excluding hydrogens is 246 g/mol. The molecule has 100 valence electrons. The van der Waals surface area contributed by atoms with Crippen LogP contribution in [0, 0.1) is 0 Å². The van der Waals surface area contributed by atoms with Crippen molar-refractivity contribution in [3.05, 3.63) is 42.0 Å². The standard InChI is InChI=1S/C13H15N3O3/c1-16(7-9-3-4-19-8-9)12-5-10(13(17)18-2)11(14)6-15-12/h3-6,8H,7,14H2,1-2H3. The minimum atomic E-state index is -0.474. The Morgan fingerprint density at radius 2 is 2.37 bits per heavy atom. The largest absolute Gasteiger partial charge is 0.472 e. The van der Waals surface area contributed by atoms with Crippen molar-refractivity contribution >= 4 is 17.5 Å². The number of carbonyl (C=O) groups excluding carboxylic acids is 1. The van der Waals surface area contributed by atoms with Gasteiger partial charge in [0.15, 0.2) is 0 Å². The third-order valence-electron chi connectivity index (χ3n) is 2.72. The number of furan rings is 1. The molecule has 2 heterocycles. The second-order valence-electron chi connectivity index (χ2n) is 4.11. The first-order valence-electron chi connectivity index (χ1n) is 5.68. The van der Waals surface area contributed by atoms with Crippen molar-refractivity contribution in [2.45, 2.75) is 6.54 Å². The molecule has 2 aromatic heterocycles. The maximum atomic E-state index is 11.6. The van der Waals surface area contributed by atoms with Crippen molar-refractivity contribution in [1.82, 2.24) is 4.98 Å². The number of nitrogen functional groups attached to an aromatic ring is 1. The number of esters is 1. The zero-order chi connectivity index (χ0) is 13.8. The van der Waals surface area contributed by atoms with Crippen molar-refractivity contribution < 1.29 is 13.9 Å². The number of hydrogen-bond acceptors (Lipinski definition) is 6. The molecule has 2 rings (SSSR count). The highest BCUT2D eigenvalue weighted by molar-refractivity contribution is 5.95. The number of pyridine rings is 1. The van der Waals surface area contributed by atoms with Gasteiger partial charge in [-0.1, -0.05) is 0 Å². The quantitative estimate of drug-likeness (QED) is 0.843. The Balaban J connectivity index is 2.22. The van der Waals surface area contributed by atoms with Crippen LogP contribution in [-0.4, -0.2) is 25.1 Å². The Kier molecular flexibility index (Phi) is 3.70. The molecule has 0 aliphatic heterocycles. The topological polar surface area (TPSA) is 81.6 Å². The van der Waals surface area contributed by atoms with Crippen LogP contribution in [0.3, 0.4) is 0 Å². The van der Waals surface area contributed by atoms with Gasteiger partial charge in [0.2, 0.25) is 0 Å². The summed E-state index contributed by atoms with van der Waals surface area (Å²) in [7, 11) is 3.18. The molecule has 0 spiro atoms. The zero-order valence-corrected chi connectivity index (χ0v) is 10.8. The van der Waals surface area contributed by atoms with E-state index in [9.17, 15) is 4.79 Å². The second kappa shape index (κ2) is 5.43. The smallest absolute Gasteiger partial charge is 0.340 e. The highest BCUT2D eigenvalue weighted by atomic mass is 16.5. The van der Waals surface area contributed by atoms with E-state index >= 15 is 0 Å². The average Bonchev–Trinajstić information content (AvgIpc) is 2.91. The second-order valence-corrected chi connectivity index (χ2v) is 4.11. The monoisotopic (exact) mass is 261 g/mol. The van der Waals surface area contributed by atoms with E-state index in [1.807, 2.05) is 18.0 Å². The van der Waals surface area contributed by atoms with Crippen molar-refractivity contribution in [3.8, 4) is 0 Å². The molecule has 0 bridgehead atoms. The number of nitrogens with zero attached hydrogens (tertiary/aromatic N) is 2. The Morgan fingerprint density at radius 3 is 3.00 bits per heavy atom. The van der Waals surface area contributed by atoms with Gasteiger partial charge in [0.1, 0.15) is 5.82 Å². The van der Waals surface area contributed by atoms with Crippen molar-refractivity contribution in [2.24, 2.45) is 0 Å². The van der Waals surface area contributed by atoms with E-state index in [-0.39, 0.29) is 0 Å². The summed E-state index contributed by atoms with van der Waals surface area (Å²) < 4.78 is 9.69. The van der Waals surface area contributed by atoms with Gasteiger partial charge in [0, 0.05) is 19.2 Å². The van der Waals surface area contributed by atoms with E-state index in [0.717, 1.165) is 5.56 Å². The first-order chi connectivity index (χ1) is 9.11. The predicted octanol–water partition coefficient (Wildman–Crippen LogP) is 1.68. The molecule has 6 heteroatoms. The van der Waals surface area contributed by atoms with Crippen molar-refractivity contribution in [3.63, 3.8) is 0 Å². The lowest BCUT2D eigenvalue weighted by atomic mass is 10.2. The first-order valence-corrected chi connectivity index (χ1v) is 5.68. The van der Waals surface area contributed by atoms with Crippen molar-refractivity contribution in [1.29, 1.82) is 0 Å². The van der Waals surface area contributed by atoms with Crippen molar-refractivity contribution in [2.75, 3.05) is 24.8 Å². The Labute approximate surface area is 110 Å². The molecule has 0 saturated heterocycles. The van der Waals surface area contributed by atoms with Gasteiger partial charge >= 0.3 is 5.97 Å². The Morgan fingerprint density at radius 1 is 1.58 bits per heavy atom. The van der Waals surface area contributed by atoms with E-state index in [0.29, 0.717) is 23.6 Å². The highest BCUT2D eigenvalue weighted by Crippen LogP contribution is 2.19. The van der Waals surface area contributed by atoms with Crippen LogP contribution in [0.4, 0.5) is 11.5 Å². The van der Waals surface area contributed by atoms with E-state index in [1.165, 1.54) is 13.3 Å². The summed E-state index contributed by atoms with van der Waals surface area (Å²) in [5, 5.41) is 0. The predicted molar refractivity (Wildman–Crippen MR) is 70.8 cm³/mol. The third kappa shape index (κ3) is 2.85. The number of anilines is 2. The SMILES string of the molecule is COC(=O)c1cc(N(C)Cc2ccoc2)ncc1N. The van der Waals surface area contributed by atoms with Crippen LogP contribution in [0.1, 0.15) is 15.9 Å². The van der Waals surface area contributed by atoms with Crippen LogP contribution in [0.5, 0.6) is 0 Å². The molecule has 0 aliphatic rings. The molecule has 0 amide bonds. The summed E-state index contributed by atoms with van der Waals surface area (Å²) in [5.41, 5.74) is 7.33. The van der Waals surface area contributed by atoms with E-state index in [2.05, 4.69) is 9.72 Å². The molecule has 0 aromatic carbocycles. The van der Waals surface area contributed by atoms with E-state index in [1.54, 1.807) is 18.6 Å². The third-order valence-corrected chi connectivity index (χ3v) is 2.72. The van der Waals surface area contributed by atoms with Crippen LogP contribution in [0.15, 0.2) is 35.3 Å². The molecule has 0 aliphatic carbocycles. The van der Waals surface area contributed by atoms with Crippen LogP contribution in [0.25, 0.3) is 0 Å². The molecular formula is C13H15N3O3. The highest BCUT2D eigenvalue weighted by Gasteiger charge is 2.13. The molecule has 2 aromatic rings. The van der Waals surface area contributed by atoms with Crippen LogP contribution in [0.2, 0.25) is 0 Å². The van der Waals surface area contributed by atoms with Crippen LogP contribution < -0.4 is 10.6 Å². The molecule has 19 heavy (non-hydrogen) atoms. The molecule has 0 unspecified atom stereocenters. The fourth-order valence-electron chi connectivity index (χ4n) is 1.69. The summed E-state index contributed by atoms with van der Waals surface area (Å²) in [6.07, 6.45) is 4.72. The van der Waals surface area contributed by atoms with E-state index in [4.69, 9.17) is 10.2 Å². The zero-order valence-electron chi connectivity index (χ0n) is 10.8. The molecule has 0 fully saturated rings. The number of methoxy groups -OCH3 is 1. The number of aromatic nitrogens is 1. The molecule has 6 nitrogen and oxygen atoms in total. The summed E-state index contributed by atoms with van der Waals surface area (Å²) in [5.74, 6) is 0.161. The summed E-state index contributed by atoms with van der Waals surface area (Å²) in [6, 6.07) is 3.48. The number of carbonyl (C=O) groups is 1.